The molecule has 9 nitrogen and oxygen atoms in total. The summed E-state index contributed by atoms with van der Waals surface area (Å²) in [6.45, 7) is 6.32. The van der Waals surface area contributed by atoms with Crippen molar-refractivity contribution in [3.05, 3.63) is 109 Å². The number of para-hydroxylation sites is 2. The first kappa shape index (κ1) is 41.7. The van der Waals surface area contributed by atoms with Crippen LogP contribution in [0.2, 0.25) is 0 Å². The standard InChI is InChI=1S/C45H58N2O7/c1-3-4-5-6-7-17-32-51-41-27-23-37(24-28-41)38-25-29-42(30-26-38)52-33-18-9-8-16-31-50-34-45(2,35-53-43(48)46-39-19-12-10-13-20-39)36-54-44(49)47-40-21-14-11-15-22-40/h10-15,19-30H,3-9,16-18,31-36H2,1-2H3,(H,46,48)(H,47,49). The lowest BCUT2D eigenvalue weighted by Crippen LogP contribution is -2.37. The zero-order valence-electron chi connectivity index (χ0n) is 32.1. The van der Waals surface area contributed by atoms with E-state index in [-0.39, 0.29) is 19.8 Å². The summed E-state index contributed by atoms with van der Waals surface area (Å²) in [6, 6.07) is 34.7. The predicted molar refractivity (Wildman–Crippen MR) is 216 cm³/mol. The number of unbranched alkanes of at least 4 members (excludes halogenated alkanes) is 8. The van der Waals surface area contributed by atoms with Crippen LogP contribution >= 0.6 is 0 Å². The van der Waals surface area contributed by atoms with Gasteiger partial charge in [-0.05, 0) is 85.3 Å². The number of rotatable bonds is 25. The Morgan fingerprint density at radius 2 is 0.907 bits per heavy atom. The minimum atomic E-state index is -0.754. The lowest BCUT2D eigenvalue weighted by molar-refractivity contribution is -0.0227. The number of carbonyl (C=O) groups excluding carboxylic acids is 2. The summed E-state index contributed by atoms with van der Waals surface area (Å²) in [5.41, 5.74) is 2.80. The smallest absolute Gasteiger partial charge is 0.411 e. The monoisotopic (exact) mass is 738 g/mol. The molecule has 0 fully saturated rings. The number of carbonyl (C=O) groups is 2. The Morgan fingerprint density at radius 1 is 0.500 bits per heavy atom. The maximum Gasteiger partial charge on any atom is 0.411 e. The van der Waals surface area contributed by atoms with E-state index >= 15 is 0 Å². The van der Waals surface area contributed by atoms with Gasteiger partial charge in [0.05, 0.1) is 25.2 Å². The lowest BCUT2D eigenvalue weighted by atomic mass is 9.94. The van der Waals surface area contributed by atoms with E-state index in [0.717, 1.165) is 61.3 Å². The molecule has 0 atom stereocenters. The van der Waals surface area contributed by atoms with E-state index in [1.807, 2.05) is 67.6 Å². The minimum Gasteiger partial charge on any atom is -0.494 e. The summed E-state index contributed by atoms with van der Waals surface area (Å²) in [7, 11) is 0. The molecular formula is C45H58N2O7. The Kier molecular flexibility index (Phi) is 18.8. The molecule has 0 aliphatic heterocycles. The topological polar surface area (TPSA) is 104 Å². The van der Waals surface area contributed by atoms with Crippen molar-refractivity contribution in [1.82, 2.24) is 0 Å². The van der Waals surface area contributed by atoms with Gasteiger partial charge < -0.3 is 23.7 Å². The maximum absolute atomic E-state index is 12.5. The normalized spacial score (nSPS) is 11.1. The molecule has 4 aromatic rings. The molecule has 0 saturated carbocycles. The van der Waals surface area contributed by atoms with Gasteiger partial charge in [0, 0.05) is 18.0 Å². The molecule has 2 N–H and O–H groups in total. The largest absolute Gasteiger partial charge is 0.494 e. The van der Waals surface area contributed by atoms with Gasteiger partial charge in [-0.15, -0.1) is 0 Å². The average molecular weight is 739 g/mol. The predicted octanol–water partition coefficient (Wildman–Crippen LogP) is 11.6. The van der Waals surface area contributed by atoms with E-state index in [4.69, 9.17) is 23.7 Å². The van der Waals surface area contributed by atoms with Gasteiger partial charge in [-0.1, -0.05) is 113 Å². The van der Waals surface area contributed by atoms with Gasteiger partial charge in [0.1, 0.15) is 24.7 Å². The Hall–Kier alpha value is -5.02. The molecule has 290 valence electrons. The molecule has 0 radical (unpaired) electrons. The maximum atomic E-state index is 12.5. The molecule has 4 rings (SSSR count). The van der Waals surface area contributed by atoms with Crippen LogP contribution in [0.1, 0.15) is 78.1 Å². The van der Waals surface area contributed by atoms with Crippen molar-refractivity contribution < 1.29 is 33.3 Å². The highest BCUT2D eigenvalue weighted by atomic mass is 16.6. The number of nitrogens with one attached hydrogen (secondary N) is 2. The summed E-state index contributed by atoms with van der Waals surface area (Å²) in [4.78, 5) is 24.9. The lowest BCUT2D eigenvalue weighted by Gasteiger charge is -2.28. The number of benzene rings is 4. The zero-order valence-corrected chi connectivity index (χ0v) is 32.1. The van der Waals surface area contributed by atoms with E-state index in [1.54, 1.807) is 24.3 Å². The van der Waals surface area contributed by atoms with Gasteiger partial charge in [-0.3, -0.25) is 10.6 Å². The molecule has 0 unspecified atom stereocenters. The van der Waals surface area contributed by atoms with Crippen molar-refractivity contribution in [3.8, 4) is 22.6 Å². The molecule has 0 aliphatic carbocycles. The van der Waals surface area contributed by atoms with Crippen LogP contribution in [0.5, 0.6) is 11.5 Å². The molecule has 0 saturated heterocycles. The fourth-order valence-corrected chi connectivity index (χ4v) is 5.68. The molecule has 9 heteroatoms. The van der Waals surface area contributed by atoms with Crippen molar-refractivity contribution in [2.45, 2.75) is 78.1 Å². The Bertz CT molecular complexity index is 1540. The SMILES string of the molecule is CCCCCCCCOc1ccc(-c2ccc(OCCCCCCOCC(C)(COC(=O)Nc3ccccc3)COC(=O)Nc3ccccc3)cc2)cc1. The van der Waals surface area contributed by atoms with E-state index in [0.29, 0.717) is 24.6 Å². The second kappa shape index (κ2) is 24.3. The molecule has 4 aromatic carbocycles. The van der Waals surface area contributed by atoms with E-state index in [1.165, 1.54) is 32.1 Å². The first-order valence-electron chi connectivity index (χ1n) is 19.4. The van der Waals surface area contributed by atoms with Crippen LogP contribution in [-0.2, 0) is 14.2 Å². The van der Waals surface area contributed by atoms with Crippen molar-refractivity contribution in [3.63, 3.8) is 0 Å². The fourth-order valence-electron chi connectivity index (χ4n) is 5.68. The van der Waals surface area contributed by atoms with Gasteiger partial charge >= 0.3 is 12.2 Å². The Morgan fingerprint density at radius 3 is 1.35 bits per heavy atom. The molecule has 2 amide bonds. The quantitative estimate of drug-likeness (QED) is 0.0652. The van der Waals surface area contributed by atoms with Crippen LogP contribution < -0.4 is 20.1 Å². The highest BCUT2D eigenvalue weighted by Gasteiger charge is 2.29. The fraction of sp³-hybridized carbons (Fsp3) is 0.422. The second-order valence-corrected chi connectivity index (χ2v) is 13.9. The van der Waals surface area contributed by atoms with Crippen molar-refractivity contribution in [2.24, 2.45) is 5.41 Å². The third kappa shape index (κ3) is 16.8. The Balaban J connectivity index is 1.10. The summed E-state index contributed by atoms with van der Waals surface area (Å²) in [5, 5.41) is 5.42. The molecule has 0 bridgehead atoms. The summed E-state index contributed by atoms with van der Waals surface area (Å²) in [5.74, 6) is 1.78. The van der Waals surface area contributed by atoms with Crippen LogP contribution in [-0.4, -0.2) is 51.8 Å². The van der Waals surface area contributed by atoms with Crippen molar-refractivity contribution in [2.75, 3.05) is 50.3 Å². The van der Waals surface area contributed by atoms with Crippen LogP contribution in [0, 0.1) is 5.41 Å². The first-order valence-corrected chi connectivity index (χ1v) is 19.4. The first-order chi connectivity index (χ1) is 26.4. The van der Waals surface area contributed by atoms with Gasteiger partial charge in [-0.2, -0.15) is 0 Å². The van der Waals surface area contributed by atoms with E-state index in [9.17, 15) is 9.59 Å². The van der Waals surface area contributed by atoms with Gasteiger partial charge in [0.25, 0.3) is 0 Å². The van der Waals surface area contributed by atoms with Gasteiger partial charge in [-0.25, -0.2) is 9.59 Å². The number of hydrogen-bond acceptors (Lipinski definition) is 7. The average Bonchev–Trinajstić information content (AvgIpc) is 3.20. The number of anilines is 2. The number of hydrogen-bond donors (Lipinski definition) is 2. The van der Waals surface area contributed by atoms with Gasteiger partial charge in [0.15, 0.2) is 0 Å². The Labute approximate surface area is 321 Å². The minimum absolute atomic E-state index is 0.00317. The van der Waals surface area contributed by atoms with E-state index in [2.05, 4.69) is 41.8 Å². The highest BCUT2D eigenvalue weighted by Crippen LogP contribution is 2.25. The highest BCUT2D eigenvalue weighted by molar-refractivity contribution is 5.85. The molecule has 54 heavy (non-hydrogen) atoms. The van der Waals surface area contributed by atoms with Crippen molar-refractivity contribution in [1.29, 1.82) is 0 Å². The third-order valence-corrected chi connectivity index (χ3v) is 8.85. The summed E-state index contributed by atoms with van der Waals surface area (Å²) in [6.07, 6.45) is 10.2. The molecule has 0 aromatic heterocycles. The molecular weight excluding hydrogens is 681 g/mol. The van der Waals surface area contributed by atoms with Crippen LogP contribution in [0.25, 0.3) is 11.1 Å². The van der Waals surface area contributed by atoms with Crippen LogP contribution in [0.15, 0.2) is 109 Å². The van der Waals surface area contributed by atoms with Crippen LogP contribution in [0.3, 0.4) is 0 Å². The zero-order chi connectivity index (χ0) is 38.1. The van der Waals surface area contributed by atoms with Crippen LogP contribution in [0.4, 0.5) is 21.0 Å². The molecule has 0 heterocycles. The number of amides is 2. The third-order valence-electron chi connectivity index (χ3n) is 8.85. The summed E-state index contributed by atoms with van der Waals surface area (Å²) >= 11 is 0. The summed E-state index contributed by atoms with van der Waals surface area (Å²) < 4.78 is 29.0. The van der Waals surface area contributed by atoms with E-state index < -0.39 is 17.6 Å². The van der Waals surface area contributed by atoms with Crippen molar-refractivity contribution >= 4 is 23.6 Å². The number of ether oxygens (including phenoxy) is 5. The second-order valence-electron chi connectivity index (χ2n) is 13.9. The molecule has 0 aliphatic rings. The van der Waals surface area contributed by atoms with Gasteiger partial charge in [0.2, 0.25) is 0 Å². The molecule has 0 spiro atoms.